The summed E-state index contributed by atoms with van der Waals surface area (Å²) < 4.78 is 33.9. The minimum atomic E-state index is -2.90. The van der Waals surface area contributed by atoms with Gasteiger partial charge in [0.25, 0.3) is 5.91 Å². The van der Waals surface area contributed by atoms with Gasteiger partial charge in [-0.3, -0.25) is 4.79 Å². The predicted octanol–water partition coefficient (Wildman–Crippen LogP) is 3.12. The Labute approximate surface area is 114 Å². The number of aryl methyl sites for hydroxylation is 1. The Hall–Kier alpha value is -2.37. The first kappa shape index (κ1) is 14.0. The monoisotopic (exact) mass is 281 g/mol. The smallest absolute Gasteiger partial charge is 0.387 e. The number of nitrogens with one attached hydrogen (secondary N) is 1. The molecule has 4 nitrogen and oxygen atoms in total. The van der Waals surface area contributed by atoms with Gasteiger partial charge < -0.3 is 14.5 Å². The molecule has 0 saturated carbocycles. The van der Waals surface area contributed by atoms with Crippen molar-refractivity contribution in [1.29, 1.82) is 0 Å². The average Bonchev–Trinajstić information content (AvgIpc) is 2.83. The molecule has 20 heavy (non-hydrogen) atoms. The maximum absolute atomic E-state index is 12.3. The van der Waals surface area contributed by atoms with Crippen LogP contribution in [-0.4, -0.2) is 12.5 Å². The van der Waals surface area contributed by atoms with Crippen LogP contribution < -0.4 is 10.1 Å². The van der Waals surface area contributed by atoms with Crippen molar-refractivity contribution >= 4 is 5.91 Å². The van der Waals surface area contributed by atoms with Crippen molar-refractivity contribution in [3.05, 3.63) is 53.5 Å². The van der Waals surface area contributed by atoms with Gasteiger partial charge in [0.2, 0.25) is 0 Å². The SMILES string of the molecule is Cc1occc1C(=O)NCc1ccccc1OC(F)F. The second-order valence-corrected chi connectivity index (χ2v) is 4.06. The molecule has 1 amide bonds. The standard InChI is InChI=1S/C14H13F2NO3/c1-9-11(6-7-19-9)13(18)17-8-10-4-2-3-5-12(10)20-14(15)16/h2-7,14H,8H2,1H3,(H,17,18). The van der Waals surface area contributed by atoms with Crippen LogP contribution in [0.4, 0.5) is 8.78 Å². The minimum absolute atomic E-state index is 0.0479. The Balaban J connectivity index is 2.04. The molecule has 0 atom stereocenters. The van der Waals surface area contributed by atoms with E-state index >= 15 is 0 Å². The average molecular weight is 281 g/mol. The van der Waals surface area contributed by atoms with Crippen molar-refractivity contribution < 1.29 is 22.7 Å². The number of ether oxygens (including phenoxy) is 1. The van der Waals surface area contributed by atoms with Crippen LogP contribution in [0.25, 0.3) is 0 Å². The number of para-hydroxylation sites is 1. The number of amides is 1. The van der Waals surface area contributed by atoms with E-state index in [1.165, 1.54) is 12.3 Å². The van der Waals surface area contributed by atoms with Crippen LogP contribution >= 0.6 is 0 Å². The fraction of sp³-hybridized carbons (Fsp3) is 0.214. The summed E-state index contributed by atoms with van der Waals surface area (Å²) in [5.74, 6) is 0.217. The molecular weight excluding hydrogens is 268 g/mol. The molecule has 1 aromatic carbocycles. The van der Waals surface area contributed by atoms with Gasteiger partial charge in [-0.05, 0) is 19.1 Å². The van der Waals surface area contributed by atoms with E-state index < -0.39 is 6.61 Å². The lowest BCUT2D eigenvalue weighted by molar-refractivity contribution is -0.0504. The van der Waals surface area contributed by atoms with E-state index in [-0.39, 0.29) is 18.2 Å². The van der Waals surface area contributed by atoms with Crippen LogP contribution in [0, 0.1) is 6.92 Å². The Kier molecular flexibility index (Phi) is 4.34. The molecule has 2 aromatic rings. The molecule has 0 fully saturated rings. The Morgan fingerprint density at radius 2 is 2.10 bits per heavy atom. The van der Waals surface area contributed by atoms with Crippen molar-refractivity contribution in [2.24, 2.45) is 0 Å². The molecule has 0 saturated heterocycles. The van der Waals surface area contributed by atoms with Gasteiger partial charge in [0.15, 0.2) is 0 Å². The quantitative estimate of drug-likeness (QED) is 0.916. The number of halogens is 2. The second-order valence-electron chi connectivity index (χ2n) is 4.06. The number of carbonyl (C=O) groups excluding carboxylic acids is 1. The summed E-state index contributed by atoms with van der Waals surface area (Å²) in [6.45, 7) is -1.14. The van der Waals surface area contributed by atoms with Crippen LogP contribution in [0.3, 0.4) is 0 Å². The van der Waals surface area contributed by atoms with Crippen LogP contribution in [0.5, 0.6) is 5.75 Å². The maximum Gasteiger partial charge on any atom is 0.387 e. The molecule has 0 bridgehead atoms. The van der Waals surface area contributed by atoms with Crippen molar-refractivity contribution in [2.75, 3.05) is 0 Å². The highest BCUT2D eigenvalue weighted by Crippen LogP contribution is 2.20. The van der Waals surface area contributed by atoms with E-state index in [1.807, 2.05) is 0 Å². The van der Waals surface area contributed by atoms with Crippen LogP contribution in [0.2, 0.25) is 0 Å². The highest BCUT2D eigenvalue weighted by atomic mass is 19.3. The lowest BCUT2D eigenvalue weighted by Gasteiger charge is -2.11. The molecule has 2 rings (SSSR count). The van der Waals surface area contributed by atoms with Crippen molar-refractivity contribution in [3.63, 3.8) is 0 Å². The van der Waals surface area contributed by atoms with Crippen molar-refractivity contribution in [2.45, 2.75) is 20.1 Å². The second kappa shape index (κ2) is 6.18. The highest BCUT2D eigenvalue weighted by molar-refractivity contribution is 5.95. The van der Waals surface area contributed by atoms with E-state index in [9.17, 15) is 13.6 Å². The van der Waals surface area contributed by atoms with Crippen LogP contribution in [-0.2, 0) is 6.54 Å². The summed E-state index contributed by atoms with van der Waals surface area (Å²) in [6, 6.07) is 7.86. The predicted molar refractivity (Wildman–Crippen MR) is 67.7 cm³/mol. The van der Waals surface area contributed by atoms with E-state index in [0.29, 0.717) is 16.9 Å². The third-order valence-electron chi connectivity index (χ3n) is 2.73. The number of hydrogen-bond donors (Lipinski definition) is 1. The van der Waals surface area contributed by atoms with Gasteiger partial charge in [-0.2, -0.15) is 8.78 Å². The van der Waals surface area contributed by atoms with Crippen LogP contribution in [0.15, 0.2) is 41.0 Å². The lowest BCUT2D eigenvalue weighted by Crippen LogP contribution is -2.23. The Morgan fingerprint density at radius 1 is 1.35 bits per heavy atom. The minimum Gasteiger partial charge on any atom is -0.469 e. The molecule has 1 N–H and O–H groups in total. The van der Waals surface area contributed by atoms with Gasteiger partial charge in [0.05, 0.1) is 11.8 Å². The largest absolute Gasteiger partial charge is 0.469 e. The molecule has 1 aromatic heterocycles. The molecule has 0 aliphatic heterocycles. The number of alkyl halides is 2. The molecule has 106 valence electrons. The molecule has 6 heteroatoms. The van der Waals surface area contributed by atoms with Gasteiger partial charge in [-0.15, -0.1) is 0 Å². The number of hydrogen-bond acceptors (Lipinski definition) is 3. The van der Waals surface area contributed by atoms with Gasteiger partial charge in [-0.25, -0.2) is 0 Å². The number of carbonyl (C=O) groups is 1. The zero-order valence-electron chi connectivity index (χ0n) is 10.7. The molecule has 0 spiro atoms. The summed E-state index contributed by atoms with van der Waals surface area (Å²) in [5.41, 5.74) is 0.888. The molecule has 0 aliphatic carbocycles. The zero-order valence-corrected chi connectivity index (χ0v) is 10.7. The number of furan rings is 1. The van der Waals surface area contributed by atoms with Gasteiger partial charge in [0.1, 0.15) is 11.5 Å². The van der Waals surface area contributed by atoms with Gasteiger partial charge >= 0.3 is 6.61 Å². The van der Waals surface area contributed by atoms with E-state index in [4.69, 9.17) is 4.42 Å². The summed E-state index contributed by atoms with van der Waals surface area (Å²) in [6.07, 6.45) is 1.41. The Morgan fingerprint density at radius 3 is 2.75 bits per heavy atom. The highest BCUT2D eigenvalue weighted by Gasteiger charge is 2.13. The summed E-state index contributed by atoms with van der Waals surface area (Å²) in [5, 5.41) is 2.63. The normalized spacial score (nSPS) is 10.6. The van der Waals surface area contributed by atoms with E-state index in [1.54, 1.807) is 31.2 Å². The number of benzene rings is 1. The molecule has 1 heterocycles. The molecular formula is C14H13F2NO3. The Bertz CT molecular complexity index is 596. The number of rotatable bonds is 5. The summed E-state index contributed by atoms with van der Waals surface area (Å²) in [7, 11) is 0. The first-order chi connectivity index (χ1) is 9.58. The van der Waals surface area contributed by atoms with Crippen molar-refractivity contribution in [1.82, 2.24) is 5.32 Å². The first-order valence-electron chi connectivity index (χ1n) is 5.93. The summed E-state index contributed by atoms with van der Waals surface area (Å²) in [4.78, 5) is 11.9. The van der Waals surface area contributed by atoms with E-state index in [2.05, 4.69) is 10.1 Å². The first-order valence-corrected chi connectivity index (χ1v) is 5.93. The fourth-order valence-corrected chi connectivity index (χ4v) is 1.75. The molecule has 0 aliphatic rings. The molecule has 0 radical (unpaired) electrons. The van der Waals surface area contributed by atoms with Crippen LogP contribution in [0.1, 0.15) is 21.7 Å². The summed E-state index contributed by atoms with van der Waals surface area (Å²) >= 11 is 0. The maximum atomic E-state index is 12.3. The third-order valence-corrected chi connectivity index (χ3v) is 2.73. The fourth-order valence-electron chi connectivity index (χ4n) is 1.75. The lowest BCUT2D eigenvalue weighted by atomic mass is 10.2. The van der Waals surface area contributed by atoms with E-state index in [0.717, 1.165) is 0 Å². The van der Waals surface area contributed by atoms with Crippen molar-refractivity contribution in [3.8, 4) is 5.75 Å². The van der Waals surface area contributed by atoms with Gasteiger partial charge in [-0.1, -0.05) is 18.2 Å². The zero-order chi connectivity index (χ0) is 14.5. The van der Waals surface area contributed by atoms with Gasteiger partial charge in [0, 0.05) is 12.1 Å². The third kappa shape index (κ3) is 3.34. The molecule has 0 unspecified atom stereocenters. The topological polar surface area (TPSA) is 51.5 Å².